The van der Waals surface area contributed by atoms with Crippen LogP contribution in [0.1, 0.15) is 6.42 Å². The zero-order valence-corrected chi connectivity index (χ0v) is 7.14. The Hall–Kier alpha value is -1.18. The standard InChI is InChI=1S/C11H10O2/c12-8-3-4-9(13)11-7-2-1-6(5-7)10(8)11/h1-4,6-7,10-11H,5H2/t6-,7+,10+,11-. The van der Waals surface area contributed by atoms with Crippen LogP contribution in [0.3, 0.4) is 0 Å². The molecule has 2 bridgehead atoms. The lowest BCUT2D eigenvalue weighted by Gasteiger charge is -2.26. The molecule has 0 aliphatic heterocycles. The fraction of sp³-hybridized carbons (Fsp3) is 0.455. The van der Waals surface area contributed by atoms with Crippen LogP contribution in [0.25, 0.3) is 0 Å². The Morgan fingerprint density at radius 3 is 1.85 bits per heavy atom. The highest BCUT2D eigenvalue weighted by Gasteiger charge is 2.51. The highest BCUT2D eigenvalue weighted by Crippen LogP contribution is 2.50. The van der Waals surface area contributed by atoms with Crippen LogP contribution in [0.4, 0.5) is 0 Å². The Morgan fingerprint density at radius 1 is 0.923 bits per heavy atom. The molecule has 1 saturated carbocycles. The van der Waals surface area contributed by atoms with E-state index in [0.717, 1.165) is 6.42 Å². The molecule has 13 heavy (non-hydrogen) atoms. The van der Waals surface area contributed by atoms with E-state index < -0.39 is 0 Å². The molecular formula is C11H10O2. The number of fused-ring (bicyclic) bond motifs is 5. The predicted molar refractivity (Wildman–Crippen MR) is 46.9 cm³/mol. The summed E-state index contributed by atoms with van der Waals surface area (Å²) < 4.78 is 0. The first kappa shape index (κ1) is 7.25. The Balaban J connectivity index is 2.09. The summed E-state index contributed by atoms with van der Waals surface area (Å²) in [5.74, 6) is 0.954. The molecule has 0 heterocycles. The fourth-order valence-electron chi connectivity index (χ4n) is 2.98. The molecule has 0 N–H and O–H groups in total. The van der Waals surface area contributed by atoms with Crippen LogP contribution >= 0.6 is 0 Å². The van der Waals surface area contributed by atoms with Crippen LogP contribution in [0, 0.1) is 23.7 Å². The first-order valence-electron chi connectivity index (χ1n) is 4.71. The second-order valence-corrected chi connectivity index (χ2v) is 4.14. The zero-order valence-electron chi connectivity index (χ0n) is 7.14. The van der Waals surface area contributed by atoms with Crippen molar-refractivity contribution in [1.29, 1.82) is 0 Å². The van der Waals surface area contributed by atoms with E-state index in [9.17, 15) is 9.59 Å². The first-order valence-corrected chi connectivity index (χ1v) is 4.71. The van der Waals surface area contributed by atoms with Gasteiger partial charge in [0.15, 0.2) is 11.6 Å². The summed E-state index contributed by atoms with van der Waals surface area (Å²) in [6, 6.07) is 0. The van der Waals surface area contributed by atoms with Gasteiger partial charge >= 0.3 is 0 Å². The fourth-order valence-corrected chi connectivity index (χ4v) is 2.98. The molecule has 0 aromatic carbocycles. The Kier molecular flexibility index (Phi) is 1.22. The van der Waals surface area contributed by atoms with Gasteiger partial charge in [0.1, 0.15) is 0 Å². The number of hydrogen-bond acceptors (Lipinski definition) is 2. The number of ketones is 2. The first-order chi connectivity index (χ1) is 6.27. The van der Waals surface area contributed by atoms with Gasteiger partial charge in [0.05, 0.1) is 0 Å². The van der Waals surface area contributed by atoms with Gasteiger partial charge in [-0.15, -0.1) is 0 Å². The molecule has 0 amide bonds. The van der Waals surface area contributed by atoms with Gasteiger partial charge in [0, 0.05) is 11.8 Å². The predicted octanol–water partition coefficient (Wildman–Crippen LogP) is 1.13. The maximum Gasteiger partial charge on any atom is 0.160 e. The molecular weight excluding hydrogens is 164 g/mol. The van der Waals surface area contributed by atoms with Crippen LogP contribution in [0.2, 0.25) is 0 Å². The van der Waals surface area contributed by atoms with Crippen molar-refractivity contribution in [2.24, 2.45) is 23.7 Å². The normalized spacial score (nSPS) is 45.8. The van der Waals surface area contributed by atoms with Crippen molar-refractivity contribution in [3.05, 3.63) is 24.3 Å². The molecule has 0 saturated heterocycles. The van der Waals surface area contributed by atoms with Gasteiger partial charge in [-0.25, -0.2) is 0 Å². The summed E-state index contributed by atoms with van der Waals surface area (Å²) in [4.78, 5) is 23.1. The number of rotatable bonds is 0. The third-order valence-corrected chi connectivity index (χ3v) is 3.53. The number of carbonyl (C=O) groups excluding carboxylic acids is 2. The Bertz CT molecular complexity index is 319. The van der Waals surface area contributed by atoms with Crippen molar-refractivity contribution < 1.29 is 9.59 Å². The van der Waals surface area contributed by atoms with Gasteiger partial charge < -0.3 is 0 Å². The lowest BCUT2D eigenvalue weighted by Crippen LogP contribution is -2.34. The van der Waals surface area contributed by atoms with E-state index in [4.69, 9.17) is 0 Å². The average molecular weight is 174 g/mol. The van der Waals surface area contributed by atoms with Gasteiger partial charge in [0.25, 0.3) is 0 Å². The minimum atomic E-state index is -0.0208. The molecule has 2 heteroatoms. The molecule has 3 aliphatic rings. The van der Waals surface area contributed by atoms with Crippen molar-refractivity contribution in [1.82, 2.24) is 0 Å². The molecule has 1 fully saturated rings. The van der Waals surface area contributed by atoms with Crippen molar-refractivity contribution in [3.8, 4) is 0 Å². The van der Waals surface area contributed by atoms with Crippen molar-refractivity contribution in [2.75, 3.05) is 0 Å². The van der Waals surface area contributed by atoms with Crippen LogP contribution in [0.15, 0.2) is 24.3 Å². The molecule has 0 radical (unpaired) electrons. The molecule has 2 nitrogen and oxygen atoms in total. The summed E-state index contributed by atoms with van der Waals surface area (Å²) in [5.41, 5.74) is 0. The second kappa shape index (κ2) is 2.19. The number of carbonyl (C=O) groups is 2. The van der Waals surface area contributed by atoms with E-state index in [1.165, 1.54) is 12.2 Å². The SMILES string of the molecule is O=C1C=CC(=O)[C@H]2[C@@H]1[C@H]1C=C[C@@H]2C1. The van der Waals surface area contributed by atoms with E-state index in [0.29, 0.717) is 11.8 Å². The summed E-state index contributed by atoms with van der Waals surface area (Å²) >= 11 is 0. The molecule has 0 unspecified atom stereocenters. The van der Waals surface area contributed by atoms with Crippen LogP contribution in [0.5, 0.6) is 0 Å². The van der Waals surface area contributed by atoms with Crippen molar-refractivity contribution in [2.45, 2.75) is 6.42 Å². The zero-order chi connectivity index (χ0) is 9.00. The van der Waals surface area contributed by atoms with Gasteiger partial charge in [-0.3, -0.25) is 9.59 Å². The molecule has 0 aromatic heterocycles. The van der Waals surface area contributed by atoms with Gasteiger partial charge in [-0.05, 0) is 30.4 Å². The number of allylic oxidation sites excluding steroid dienone is 4. The van der Waals surface area contributed by atoms with Gasteiger partial charge in [-0.1, -0.05) is 12.2 Å². The monoisotopic (exact) mass is 174 g/mol. The Morgan fingerprint density at radius 2 is 1.38 bits per heavy atom. The summed E-state index contributed by atoms with van der Waals surface area (Å²) in [7, 11) is 0. The largest absolute Gasteiger partial charge is 0.294 e. The maximum absolute atomic E-state index is 11.5. The van der Waals surface area contributed by atoms with Crippen LogP contribution in [-0.2, 0) is 9.59 Å². The van der Waals surface area contributed by atoms with Crippen molar-refractivity contribution >= 4 is 11.6 Å². The third-order valence-electron chi connectivity index (χ3n) is 3.53. The topological polar surface area (TPSA) is 34.1 Å². The van der Waals surface area contributed by atoms with Crippen molar-refractivity contribution in [3.63, 3.8) is 0 Å². The molecule has 3 aliphatic carbocycles. The van der Waals surface area contributed by atoms with E-state index in [-0.39, 0.29) is 23.4 Å². The van der Waals surface area contributed by atoms with E-state index >= 15 is 0 Å². The highest BCUT2D eigenvalue weighted by molar-refractivity contribution is 6.08. The van der Waals surface area contributed by atoms with Crippen LogP contribution < -0.4 is 0 Å². The van der Waals surface area contributed by atoms with Crippen LogP contribution in [-0.4, -0.2) is 11.6 Å². The molecule has 4 atom stereocenters. The van der Waals surface area contributed by atoms with E-state index in [1.54, 1.807) is 0 Å². The maximum atomic E-state index is 11.5. The van der Waals surface area contributed by atoms with E-state index in [2.05, 4.69) is 12.2 Å². The van der Waals surface area contributed by atoms with Gasteiger partial charge in [0.2, 0.25) is 0 Å². The average Bonchev–Trinajstić information content (AvgIpc) is 2.70. The highest BCUT2D eigenvalue weighted by atomic mass is 16.1. The smallest absolute Gasteiger partial charge is 0.160 e. The summed E-state index contributed by atoms with van der Waals surface area (Å²) in [6.07, 6.45) is 8.14. The van der Waals surface area contributed by atoms with E-state index in [1.807, 2.05) is 0 Å². The lowest BCUT2D eigenvalue weighted by molar-refractivity contribution is -0.129. The third kappa shape index (κ3) is 0.781. The lowest BCUT2D eigenvalue weighted by atomic mass is 9.75. The minimum Gasteiger partial charge on any atom is -0.294 e. The quantitative estimate of drug-likeness (QED) is 0.516. The summed E-state index contributed by atoms with van der Waals surface area (Å²) in [6.45, 7) is 0. The molecule has 3 rings (SSSR count). The Labute approximate surface area is 76.3 Å². The molecule has 66 valence electrons. The number of hydrogen-bond donors (Lipinski definition) is 0. The summed E-state index contributed by atoms with van der Waals surface area (Å²) in [5, 5.41) is 0. The minimum absolute atomic E-state index is 0.0208. The van der Waals surface area contributed by atoms with Gasteiger partial charge in [-0.2, -0.15) is 0 Å². The molecule has 0 aromatic rings. The molecule has 0 spiro atoms. The second-order valence-electron chi connectivity index (χ2n) is 4.14.